The van der Waals surface area contributed by atoms with E-state index in [0.717, 1.165) is 17.0 Å². The predicted octanol–water partition coefficient (Wildman–Crippen LogP) is 4.52. The van der Waals surface area contributed by atoms with Crippen LogP contribution in [0.25, 0.3) is 0 Å². The third-order valence-electron chi connectivity index (χ3n) is 4.36. The van der Waals surface area contributed by atoms with E-state index in [1.54, 1.807) is 44.3 Å². The zero-order valence-electron chi connectivity index (χ0n) is 16.8. The number of hydrogen-bond donors (Lipinski definition) is 1. The number of carbonyl (C=O) groups is 2. The van der Waals surface area contributed by atoms with Crippen LogP contribution in [0.3, 0.4) is 0 Å². The minimum atomic E-state index is -0.984. The molecule has 162 valence electrons. The number of aromatic nitrogens is 2. The lowest BCUT2D eigenvalue weighted by atomic mass is 10.2. The van der Waals surface area contributed by atoms with E-state index in [0.29, 0.717) is 16.7 Å². The second-order valence-corrected chi connectivity index (χ2v) is 9.01. The summed E-state index contributed by atoms with van der Waals surface area (Å²) >= 11 is 1.18. The highest BCUT2D eigenvalue weighted by atomic mass is 32.2. The molecule has 0 saturated heterocycles. The molecule has 0 fully saturated rings. The Morgan fingerprint density at radius 1 is 1.10 bits per heavy atom. The molecule has 9 heteroatoms. The van der Waals surface area contributed by atoms with Gasteiger partial charge in [0.15, 0.2) is 11.6 Å². The predicted molar refractivity (Wildman–Crippen MR) is 111 cm³/mol. The smallest absolute Gasteiger partial charge is 0.338 e. The fourth-order valence-electron chi connectivity index (χ4n) is 2.62. The lowest BCUT2D eigenvalue weighted by Gasteiger charge is -2.18. The second-order valence-electron chi connectivity index (χ2n) is 7.31. The topological polar surface area (TPSA) is 81.4 Å². The van der Waals surface area contributed by atoms with E-state index in [-0.39, 0.29) is 13.2 Å². The summed E-state index contributed by atoms with van der Waals surface area (Å²) in [4.78, 5) is 24.2. The highest BCUT2D eigenvalue weighted by molar-refractivity contribution is 8.01. The average Bonchev–Trinajstić information content (AvgIpc) is 3.16. The Balaban J connectivity index is 1.55. The van der Waals surface area contributed by atoms with E-state index in [9.17, 15) is 23.5 Å². The van der Waals surface area contributed by atoms with Gasteiger partial charge in [0.05, 0.1) is 18.3 Å². The number of carboxylic acids is 1. The lowest BCUT2D eigenvalue weighted by molar-refractivity contribution is -0.138. The first kappa shape index (κ1) is 22.5. The zero-order chi connectivity index (χ0) is 22.6. The molecule has 6 nitrogen and oxygen atoms in total. The van der Waals surface area contributed by atoms with Gasteiger partial charge < -0.3 is 9.84 Å². The normalized spacial score (nSPS) is 11.4. The quantitative estimate of drug-likeness (QED) is 0.405. The van der Waals surface area contributed by atoms with Crippen molar-refractivity contribution in [3.63, 3.8) is 0 Å². The number of hydrogen-bond acceptors (Lipinski definition) is 5. The number of carbonyl (C=O) groups excluding carboxylic acids is 1. The van der Waals surface area contributed by atoms with Crippen LogP contribution >= 0.6 is 11.8 Å². The Morgan fingerprint density at radius 2 is 1.81 bits per heavy atom. The molecule has 1 heterocycles. The fourth-order valence-corrected chi connectivity index (χ4v) is 3.57. The molecule has 0 aliphatic rings. The molecular weight excluding hydrogens is 426 g/mol. The zero-order valence-corrected chi connectivity index (χ0v) is 17.7. The molecule has 0 bridgehead atoms. The lowest BCUT2D eigenvalue weighted by Crippen LogP contribution is -2.26. The van der Waals surface area contributed by atoms with E-state index in [1.165, 1.54) is 28.7 Å². The summed E-state index contributed by atoms with van der Waals surface area (Å²) in [6.45, 7) is 3.46. The van der Waals surface area contributed by atoms with Gasteiger partial charge in [-0.25, -0.2) is 13.6 Å². The summed E-state index contributed by atoms with van der Waals surface area (Å²) in [6.07, 6.45) is 3.18. The van der Waals surface area contributed by atoms with Gasteiger partial charge in [-0.05, 0) is 55.8 Å². The molecule has 1 N–H and O–H groups in total. The summed E-state index contributed by atoms with van der Waals surface area (Å²) in [7, 11) is 0. The van der Waals surface area contributed by atoms with Crippen molar-refractivity contribution in [1.29, 1.82) is 0 Å². The van der Waals surface area contributed by atoms with Gasteiger partial charge in [0.2, 0.25) is 0 Å². The van der Waals surface area contributed by atoms with E-state index in [2.05, 4.69) is 5.10 Å². The summed E-state index contributed by atoms with van der Waals surface area (Å²) in [6, 6.07) is 10.1. The summed E-state index contributed by atoms with van der Waals surface area (Å²) in [5.74, 6) is -3.28. The molecule has 31 heavy (non-hydrogen) atoms. The minimum Gasteiger partial charge on any atom is -0.480 e. The molecule has 3 rings (SSSR count). The monoisotopic (exact) mass is 446 g/mol. The second kappa shape index (κ2) is 9.30. The Bertz CT molecular complexity index is 1100. The molecule has 1 aromatic heterocycles. The van der Waals surface area contributed by atoms with Gasteiger partial charge in [-0.2, -0.15) is 5.10 Å². The van der Waals surface area contributed by atoms with E-state index >= 15 is 0 Å². The Morgan fingerprint density at radius 3 is 2.45 bits per heavy atom. The minimum absolute atomic E-state index is 0.000834. The van der Waals surface area contributed by atoms with Crippen molar-refractivity contribution in [2.75, 3.05) is 0 Å². The van der Waals surface area contributed by atoms with Crippen LogP contribution in [0.15, 0.2) is 59.8 Å². The van der Waals surface area contributed by atoms with Gasteiger partial charge in [-0.1, -0.05) is 6.07 Å². The van der Waals surface area contributed by atoms with Crippen molar-refractivity contribution >= 4 is 23.7 Å². The van der Waals surface area contributed by atoms with Crippen LogP contribution < -0.4 is 0 Å². The highest BCUT2D eigenvalue weighted by Gasteiger charge is 2.28. The third-order valence-corrected chi connectivity index (χ3v) is 5.56. The third kappa shape index (κ3) is 5.91. The maximum atomic E-state index is 13.3. The van der Waals surface area contributed by atoms with E-state index in [1.807, 2.05) is 0 Å². The van der Waals surface area contributed by atoms with Gasteiger partial charge in [-0.3, -0.25) is 9.48 Å². The van der Waals surface area contributed by atoms with Crippen molar-refractivity contribution in [3.05, 3.63) is 83.2 Å². The van der Waals surface area contributed by atoms with Crippen molar-refractivity contribution in [3.8, 4) is 0 Å². The molecule has 3 aromatic rings. The largest absolute Gasteiger partial charge is 0.480 e. The molecule has 0 radical (unpaired) electrons. The number of halogens is 2. The van der Waals surface area contributed by atoms with Crippen LogP contribution in [0, 0.1) is 11.6 Å². The van der Waals surface area contributed by atoms with Gasteiger partial charge in [0, 0.05) is 16.7 Å². The van der Waals surface area contributed by atoms with E-state index < -0.39 is 28.3 Å². The van der Waals surface area contributed by atoms with Gasteiger partial charge >= 0.3 is 11.9 Å². The number of nitrogens with zero attached hydrogens (tertiary/aromatic N) is 2. The Labute approximate surface area is 181 Å². The van der Waals surface area contributed by atoms with Crippen molar-refractivity contribution < 1.29 is 28.2 Å². The van der Waals surface area contributed by atoms with Crippen LogP contribution in [0.4, 0.5) is 8.78 Å². The molecule has 0 aliphatic carbocycles. The van der Waals surface area contributed by atoms with Gasteiger partial charge in [0.1, 0.15) is 11.4 Å². The molecule has 0 saturated carbocycles. The molecule has 0 amide bonds. The first-order chi connectivity index (χ1) is 14.6. The molecule has 0 unspecified atom stereocenters. The highest BCUT2D eigenvalue weighted by Crippen LogP contribution is 2.32. The average molecular weight is 446 g/mol. The first-order valence-corrected chi connectivity index (χ1v) is 10.1. The molecule has 0 spiro atoms. The maximum Gasteiger partial charge on any atom is 0.338 e. The maximum absolute atomic E-state index is 13.3. The molecule has 0 atom stereocenters. The summed E-state index contributed by atoms with van der Waals surface area (Å²) in [5.41, 5.74) is 1.53. The van der Waals surface area contributed by atoms with Gasteiger partial charge in [0.25, 0.3) is 0 Å². The molecular formula is C22H20F2N2O4S. The van der Waals surface area contributed by atoms with Gasteiger partial charge in [-0.15, -0.1) is 11.8 Å². The van der Waals surface area contributed by atoms with E-state index in [4.69, 9.17) is 4.74 Å². The number of rotatable bonds is 8. The first-order valence-electron chi connectivity index (χ1n) is 9.29. The number of benzene rings is 2. The Kier molecular flexibility index (Phi) is 6.74. The standard InChI is InChI=1S/C22H20F2N2O4S/c1-22(2,21(28)29)31-17-6-4-16(5-7-17)20(27)30-13-15-10-25-26(12-15)11-14-3-8-18(23)19(24)9-14/h3-10,12H,11,13H2,1-2H3,(H,28,29). The fraction of sp³-hybridized carbons (Fsp3) is 0.227. The number of thioether (sulfide) groups is 1. The number of ether oxygens (including phenoxy) is 1. The van der Waals surface area contributed by atoms with Crippen molar-refractivity contribution in [2.24, 2.45) is 0 Å². The number of carboxylic acid groups (broad SMARTS) is 1. The van der Waals surface area contributed by atoms with Crippen LogP contribution in [0.2, 0.25) is 0 Å². The summed E-state index contributed by atoms with van der Waals surface area (Å²) < 4.78 is 32.2. The van der Waals surface area contributed by atoms with Crippen LogP contribution in [-0.2, 0) is 22.7 Å². The number of esters is 1. The van der Waals surface area contributed by atoms with Crippen molar-refractivity contribution in [2.45, 2.75) is 36.6 Å². The van der Waals surface area contributed by atoms with Crippen LogP contribution in [0.1, 0.15) is 35.3 Å². The number of aliphatic carboxylic acids is 1. The Hall–Kier alpha value is -3.20. The molecule has 0 aliphatic heterocycles. The van der Waals surface area contributed by atoms with Crippen molar-refractivity contribution in [1.82, 2.24) is 9.78 Å². The van der Waals surface area contributed by atoms with Crippen LogP contribution in [-0.4, -0.2) is 31.6 Å². The molecule has 2 aromatic carbocycles. The van der Waals surface area contributed by atoms with Crippen LogP contribution in [0.5, 0.6) is 0 Å². The SMILES string of the molecule is CC(C)(Sc1ccc(C(=O)OCc2cnn(Cc3ccc(F)c(F)c3)c2)cc1)C(=O)O. The summed E-state index contributed by atoms with van der Waals surface area (Å²) in [5, 5.41) is 13.3.